The fourth-order valence-corrected chi connectivity index (χ4v) is 3.42. The van der Waals surface area contributed by atoms with Crippen LogP contribution in [0.5, 0.6) is 17.4 Å². The number of carbonyl (C=O) groups is 1. The normalized spacial score (nSPS) is 11.3. The molecule has 2 heterocycles. The molecule has 0 aliphatic heterocycles. The van der Waals surface area contributed by atoms with Crippen molar-refractivity contribution in [3.8, 4) is 28.6 Å². The number of anilines is 1. The third kappa shape index (κ3) is 6.35. The number of benzene rings is 2. The fourth-order valence-electron chi connectivity index (χ4n) is 3.26. The number of nitrogens with zero attached hydrogens (tertiary/aromatic N) is 3. The molecule has 0 spiro atoms. The van der Waals surface area contributed by atoms with Crippen LogP contribution in [0.3, 0.4) is 0 Å². The molecule has 0 unspecified atom stereocenters. The second kappa shape index (κ2) is 11.4. The molecule has 0 aliphatic rings. The van der Waals surface area contributed by atoms with Crippen LogP contribution in [0.2, 0.25) is 5.02 Å². The van der Waals surface area contributed by atoms with Gasteiger partial charge < -0.3 is 14.8 Å². The first-order valence-electron chi connectivity index (χ1n) is 11.2. The molecule has 0 bridgehead atoms. The van der Waals surface area contributed by atoms with E-state index >= 15 is 0 Å². The van der Waals surface area contributed by atoms with Crippen LogP contribution in [-0.4, -0.2) is 33.4 Å². The number of rotatable bonds is 9. The van der Waals surface area contributed by atoms with Gasteiger partial charge in [-0.05, 0) is 48.5 Å². The third-order valence-electron chi connectivity index (χ3n) is 5.07. The van der Waals surface area contributed by atoms with E-state index in [1.54, 1.807) is 36.7 Å². The van der Waals surface area contributed by atoms with Gasteiger partial charge in [-0.15, -0.1) is 0 Å². The number of nitrogens with one attached hydrogen (secondary N) is 1. The summed E-state index contributed by atoms with van der Waals surface area (Å²) in [7, 11) is 0. The second-order valence-electron chi connectivity index (χ2n) is 7.76. The first-order valence-corrected chi connectivity index (χ1v) is 11.5. The zero-order chi connectivity index (χ0) is 27.3. The lowest BCUT2D eigenvalue weighted by Gasteiger charge is -2.17. The lowest BCUT2D eigenvalue weighted by atomic mass is 10.2. The zero-order valence-electron chi connectivity index (χ0n) is 19.7. The Morgan fingerprint density at radius 3 is 2.61 bits per heavy atom. The monoisotopic (exact) mass is 546 g/mol. The van der Waals surface area contributed by atoms with Crippen molar-refractivity contribution >= 4 is 23.2 Å². The van der Waals surface area contributed by atoms with E-state index in [0.29, 0.717) is 23.5 Å². The number of carbonyl (C=O) groups excluding carboxylic acids is 1. The number of hydrogen-bond acceptors (Lipinski definition) is 6. The van der Waals surface area contributed by atoms with Crippen LogP contribution < -0.4 is 14.8 Å². The maximum absolute atomic E-state index is 13.2. The van der Waals surface area contributed by atoms with Crippen molar-refractivity contribution in [2.75, 3.05) is 5.32 Å². The molecule has 1 amide bonds. The smallest absolute Gasteiger partial charge is 0.438 e. The van der Waals surface area contributed by atoms with Gasteiger partial charge in [0, 0.05) is 30.4 Å². The van der Waals surface area contributed by atoms with Crippen molar-refractivity contribution in [3.05, 3.63) is 89.5 Å². The number of alkyl halides is 4. The van der Waals surface area contributed by atoms with Crippen molar-refractivity contribution in [1.29, 1.82) is 0 Å². The van der Waals surface area contributed by atoms with E-state index in [-0.39, 0.29) is 27.9 Å². The van der Waals surface area contributed by atoms with E-state index in [2.05, 4.69) is 25.0 Å². The molecule has 4 rings (SSSR count). The Morgan fingerprint density at radius 2 is 1.84 bits per heavy atom. The van der Waals surface area contributed by atoms with E-state index in [1.807, 2.05) is 6.92 Å². The summed E-state index contributed by atoms with van der Waals surface area (Å²) in [6, 6.07) is 14.2. The lowest BCUT2D eigenvalue weighted by Crippen LogP contribution is -2.33. The molecular formula is C26H19ClF4N4O3. The van der Waals surface area contributed by atoms with Gasteiger partial charge in [0.15, 0.2) is 0 Å². The summed E-state index contributed by atoms with van der Waals surface area (Å²) in [5.41, 5.74) is 1.24. The number of pyridine rings is 1. The van der Waals surface area contributed by atoms with Gasteiger partial charge in [-0.3, -0.25) is 4.79 Å². The number of aryl methyl sites for hydroxylation is 1. The molecule has 0 fully saturated rings. The number of amides is 1. The van der Waals surface area contributed by atoms with Crippen molar-refractivity contribution < 1.29 is 31.8 Å². The maximum Gasteiger partial charge on any atom is 0.461 e. The predicted molar refractivity (Wildman–Crippen MR) is 132 cm³/mol. The molecule has 4 aromatic rings. The van der Waals surface area contributed by atoms with Crippen LogP contribution in [0.25, 0.3) is 11.3 Å². The highest BCUT2D eigenvalue weighted by molar-refractivity contribution is 6.34. The highest BCUT2D eigenvalue weighted by Crippen LogP contribution is 2.34. The van der Waals surface area contributed by atoms with Crippen LogP contribution in [0.15, 0.2) is 73.1 Å². The quantitative estimate of drug-likeness (QED) is 0.227. The summed E-state index contributed by atoms with van der Waals surface area (Å²) in [5, 5.41) is 2.70. The minimum Gasteiger partial charge on any atom is -0.438 e. The Kier molecular flexibility index (Phi) is 8.06. The molecule has 196 valence electrons. The van der Waals surface area contributed by atoms with Crippen molar-refractivity contribution in [3.63, 3.8) is 0 Å². The number of ether oxygens (including phenoxy) is 2. The van der Waals surface area contributed by atoms with E-state index < -0.39 is 24.2 Å². The zero-order valence-corrected chi connectivity index (χ0v) is 20.4. The summed E-state index contributed by atoms with van der Waals surface area (Å²) in [6.07, 6.45) is -4.91. The Morgan fingerprint density at radius 1 is 1.03 bits per heavy atom. The first kappa shape index (κ1) is 26.8. The van der Waals surface area contributed by atoms with Gasteiger partial charge in [-0.1, -0.05) is 24.6 Å². The van der Waals surface area contributed by atoms with Gasteiger partial charge in [0.05, 0.1) is 22.0 Å². The van der Waals surface area contributed by atoms with E-state index in [1.165, 1.54) is 24.3 Å². The summed E-state index contributed by atoms with van der Waals surface area (Å²) in [5.74, 6) is -0.173. The predicted octanol–water partition coefficient (Wildman–Crippen LogP) is 7.04. The summed E-state index contributed by atoms with van der Waals surface area (Å²) in [6.45, 7) is 1.94. The molecule has 0 radical (unpaired) electrons. The maximum atomic E-state index is 13.2. The van der Waals surface area contributed by atoms with Crippen molar-refractivity contribution in [2.45, 2.75) is 25.9 Å². The number of halogens is 5. The summed E-state index contributed by atoms with van der Waals surface area (Å²) in [4.78, 5) is 25.7. The largest absolute Gasteiger partial charge is 0.461 e. The third-order valence-corrected chi connectivity index (χ3v) is 5.40. The van der Waals surface area contributed by atoms with Gasteiger partial charge in [-0.25, -0.2) is 15.0 Å². The van der Waals surface area contributed by atoms with Gasteiger partial charge in [0.1, 0.15) is 17.3 Å². The number of hydrogen-bond donors (Lipinski definition) is 1. The first-order chi connectivity index (χ1) is 18.2. The number of aromatic nitrogens is 3. The molecule has 2 aromatic carbocycles. The Bertz CT molecular complexity index is 1460. The van der Waals surface area contributed by atoms with Crippen LogP contribution in [0.1, 0.15) is 23.1 Å². The molecule has 12 heteroatoms. The van der Waals surface area contributed by atoms with E-state index in [4.69, 9.17) is 16.3 Å². The molecule has 0 aliphatic carbocycles. The summed E-state index contributed by atoms with van der Waals surface area (Å²) >= 11 is 6.23. The molecule has 2 aromatic heterocycles. The highest BCUT2D eigenvalue weighted by atomic mass is 35.5. The molecule has 0 saturated heterocycles. The summed E-state index contributed by atoms with van der Waals surface area (Å²) < 4.78 is 61.4. The fraction of sp³-hybridized carbons (Fsp3) is 0.154. The van der Waals surface area contributed by atoms with Gasteiger partial charge in [0.25, 0.3) is 5.91 Å². The topological polar surface area (TPSA) is 86.2 Å². The van der Waals surface area contributed by atoms with Gasteiger partial charge in [0.2, 0.25) is 5.88 Å². The molecule has 0 atom stereocenters. The Labute approximate surface area is 219 Å². The van der Waals surface area contributed by atoms with Crippen molar-refractivity contribution in [1.82, 2.24) is 15.0 Å². The Balaban J connectivity index is 1.55. The Hall–Kier alpha value is -4.25. The van der Waals surface area contributed by atoms with Crippen LogP contribution >= 0.6 is 11.6 Å². The van der Waals surface area contributed by atoms with Gasteiger partial charge in [-0.2, -0.15) is 17.6 Å². The molecule has 38 heavy (non-hydrogen) atoms. The van der Waals surface area contributed by atoms with Crippen LogP contribution in [0, 0.1) is 0 Å². The highest BCUT2D eigenvalue weighted by Gasteiger charge is 2.44. The SMILES string of the molecule is CCc1nccc(-c2cccnc2Oc2ccc(Cl)c(NC(=O)c3cccc(OC(F)(F)C(F)F)c3)c2)n1. The molecule has 1 N–H and O–H groups in total. The molecule has 7 nitrogen and oxygen atoms in total. The second-order valence-corrected chi connectivity index (χ2v) is 8.17. The average molecular weight is 547 g/mol. The van der Waals surface area contributed by atoms with E-state index in [0.717, 1.165) is 12.1 Å². The average Bonchev–Trinajstić information content (AvgIpc) is 2.90. The van der Waals surface area contributed by atoms with Crippen LogP contribution in [-0.2, 0) is 6.42 Å². The molecular weight excluding hydrogens is 528 g/mol. The minimum absolute atomic E-state index is 0.127. The van der Waals surface area contributed by atoms with E-state index in [9.17, 15) is 22.4 Å². The van der Waals surface area contributed by atoms with Crippen LogP contribution in [0.4, 0.5) is 23.2 Å². The molecule has 0 saturated carbocycles. The standard InChI is InChI=1S/C26H19ClF4N4O3/c1-2-22-32-12-10-20(34-22)18-7-4-11-33-24(18)37-16-8-9-19(27)21(14-16)35-23(36)15-5-3-6-17(13-15)38-26(30,31)25(28)29/h3-14,25H,2H2,1H3,(H,35,36). The van der Waals surface area contributed by atoms with Gasteiger partial charge >= 0.3 is 12.5 Å². The minimum atomic E-state index is -4.71. The van der Waals surface area contributed by atoms with Crippen molar-refractivity contribution in [2.24, 2.45) is 0 Å². The lowest BCUT2D eigenvalue weighted by molar-refractivity contribution is -0.253.